The topological polar surface area (TPSA) is 182 Å². The van der Waals surface area contributed by atoms with Gasteiger partial charge in [-0.15, -0.1) is 0 Å². The van der Waals surface area contributed by atoms with Crippen molar-refractivity contribution in [2.75, 3.05) is 34.5 Å². The molecule has 6 aromatic rings. The van der Waals surface area contributed by atoms with Crippen LogP contribution < -0.4 is 40.7 Å². The second kappa shape index (κ2) is 16.4. The first kappa shape index (κ1) is 37.0. The first-order chi connectivity index (χ1) is 21.8. The summed E-state index contributed by atoms with van der Waals surface area (Å²) in [5.41, 5.74) is 1.45. The molecule has 14 heteroatoms. The number of aromatic nitrogens is 4. The number of hydrogen-bond acceptors (Lipinski definition) is 10. The number of nitrogens with zero attached hydrogens (tertiary/aromatic N) is 4. The SMILES string of the molecule is COCCn1c(=O)c2cnccc2c2ccc(C(=O)O)cc21.COCCn1c(=O)c2cnccc2c2ccc(C(=O)OC)cc21.[Na+].[OH-]. The van der Waals surface area contributed by atoms with Crippen LogP contribution in [0.2, 0.25) is 0 Å². The molecule has 4 heterocycles. The summed E-state index contributed by atoms with van der Waals surface area (Å²) in [4.78, 5) is 56.4. The molecule has 0 amide bonds. The van der Waals surface area contributed by atoms with Gasteiger partial charge in [0, 0.05) is 62.9 Å². The third-order valence-corrected chi connectivity index (χ3v) is 7.46. The van der Waals surface area contributed by atoms with Crippen LogP contribution in [0.5, 0.6) is 0 Å². The number of fused-ring (bicyclic) bond motifs is 6. The molecule has 0 radical (unpaired) electrons. The number of hydrogen-bond donors (Lipinski definition) is 1. The van der Waals surface area contributed by atoms with Gasteiger partial charge in [0.2, 0.25) is 0 Å². The maximum Gasteiger partial charge on any atom is 1.00 e. The van der Waals surface area contributed by atoms with Crippen molar-refractivity contribution in [1.82, 2.24) is 19.1 Å². The van der Waals surface area contributed by atoms with Crippen molar-refractivity contribution in [1.29, 1.82) is 0 Å². The zero-order chi connectivity index (χ0) is 32.1. The second-order valence-corrected chi connectivity index (χ2v) is 10.0. The molecule has 0 bridgehead atoms. The molecule has 0 aliphatic heterocycles. The molecule has 2 N–H and O–H groups in total. The number of rotatable bonds is 8. The predicted molar refractivity (Wildman–Crippen MR) is 171 cm³/mol. The number of methoxy groups -OCH3 is 3. The van der Waals surface area contributed by atoms with E-state index >= 15 is 0 Å². The van der Waals surface area contributed by atoms with Crippen molar-refractivity contribution >= 4 is 55.3 Å². The molecule has 0 spiro atoms. The molecule has 0 atom stereocenters. The Morgan fingerprint density at radius 2 is 1.13 bits per heavy atom. The summed E-state index contributed by atoms with van der Waals surface area (Å²) in [7, 11) is 4.46. The number of carboxylic acids is 1. The average molecular weight is 651 g/mol. The van der Waals surface area contributed by atoms with Crippen molar-refractivity contribution in [2.24, 2.45) is 0 Å². The summed E-state index contributed by atoms with van der Waals surface area (Å²) in [6.07, 6.45) is 6.36. The van der Waals surface area contributed by atoms with E-state index in [4.69, 9.17) is 14.2 Å². The van der Waals surface area contributed by atoms with Crippen LogP contribution in [0.4, 0.5) is 0 Å². The predicted octanol–water partition coefficient (Wildman–Crippen LogP) is 0.704. The molecule has 4 aromatic heterocycles. The van der Waals surface area contributed by atoms with Crippen LogP contribution in [-0.4, -0.2) is 76.2 Å². The molecule has 0 aliphatic carbocycles. The number of aromatic carboxylic acids is 1. The van der Waals surface area contributed by atoms with Crippen molar-refractivity contribution in [2.45, 2.75) is 13.1 Å². The molecule has 2 aromatic carbocycles. The first-order valence-corrected chi connectivity index (χ1v) is 13.9. The van der Waals surface area contributed by atoms with Crippen LogP contribution in [0, 0.1) is 0 Å². The van der Waals surface area contributed by atoms with Gasteiger partial charge in [0.05, 0.1) is 53.3 Å². The van der Waals surface area contributed by atoms with Crippen LogP contribution in [-0.2, 0) is 27.3 Å². The number of pyridine rings is 4. The minimum Gasteiger partial charge on any atom is -0.870 e. The summed E-state index contributed by atoms with van der Waals surface area (Å²) in [5.74, 6) is -1.46. The molecule has 0 aliphatic rings. The Bertz CT molecular complexity index is 2200. The van der Waals surface area contributed by atoms with Gasteiger partial charge < -0.3 is 33.9 Å². The monoisotopic (exact) mass is 650 g/mol. The maximum atomic E-state index is 12.8. The molecule has 0 unspecified atom stereocenters. The van der Waals surface area contributed by atoms with Gasteiger partial charge in [-0.1, -0.05) is 12.1 Å². The third-order valence-electron chi connectivity index (χ3n) is 7.46. The van der Waals surface area contributed by atoms with E-state index in [0.29, 0.717) is 53.7 Å². The van der Waals surface area contributed by atoms with Gasteiger partial charge in [-0.05, 0) is 47.2 Å². The fourth-order valence-electron chi connectivity index (χ4n) is 5.26. The zero-order valence-corrected chi connectivity index (χ0v) is 28.3. The number of ether oxygens (including phenoxy) is 3. The summed E-state index contributed by atoms with van der Waals surface area (Å²) in [6.45, 7) is 1.49. The molecular formula is C33H31N4NaO9. The zero-order valence-electron chi connectivity index (χ0n) is 26.3. The van der Waals surface area contributed by atoms with E-state index in [1.54, 1.807) is 67.7 Å². The molecule has 47 heavy (non-hydrogen) atoms. The van der Waals surface area contributed by atoms with Gasteiger partial charge in [0.1, 0.15) is 0 Å². The summed E-state index contributed by atoms with van der Waals surface area (Å²) < 4.78 is 18.0. The van der Waals surface area contributed by atoms with E-state index < -0.39 is 11.9 Å². The largest absolute Gasteiger partial charge is 1.00 e. The number of carbonyl (C=O) groups excluding carboxylic acids is 1. The normalized spacial score (nSPS) is 10.6. The smallest absolute Gasteiger partial charge is 0.870 e. The van der Waals surface area contributed by atoms with E-state index in [1.165, 1.54) is 30.0 Å². The Balaban J connectivity index is 0.000000245. The Morgan fingerprint density at radius 1 is 0.681 bits per heavy atom. The number of carbonyl (C=O) groups is 2. The van der Waals surface area contributed by atoms with Crippen LogP contribution in [0.15, 0.2) is 82.9 Å². The van der Waals surface area contributed by atoms with Gasteiger partial charge in [-0.25, -0.2) is 9.59 Å². The molecule has 6 rings (SSSR count). The van der Waals surface area contributed by atoms with Gasteiger partial charge in [0.15, 0.2) is 0 Å². The molecule has 13 nitrogen and oxygen atoms in total. The number of esters is 1. The fraction of sp³-hybridized carbons (Fsp3) is 0.212. The van der Waals surface area contributed by atoms with Gasteiger partial charge in [-0.2, -0.15) is 0 Å². The Labute approximate surface area is 289 Å². The quantitative estimate of drug-likeness (QED) is 0.139. The number of carboxylic acid groups (broad SMARTS) is 1. The summed E-state index contributed by atoms with van der Waals surface area (Å²) in [6, 6.07) is 13.6. The van der Waals surface area contributed by atoms with Crippen LogP contribution in [0.1, 0.15) is 20.7 Å². The van der Waals surface area contributed by atoms with Crippen LogP contribution in [0.3, 0.4) is 0 Å². The van der Waals surface area contributed by atoms with Crippen LogP contribution in [0.25, 0.3) is 43.4 Å². The van der Waals surface area contributed by atoms with E-state index in [9.17, 15) is 24.3 Å². The van der Waals surface area contributed by atoms with Crippen molar-refractivity contribution in [3.05, 3.63) is 105 Å². The maximum absolute atomic E-state index is 12.8. The minimum absolute atomic E-state index is 0. The van der Waals surface area contributed by atoms with E-state index in [2.05, 4.69) is 9.97 Å². The molecule has 238 valence electrons. The number of benzene rings is 2. The van der Waals surface area contributed by atoms with Crippen LogP contribution >= 0.6 is 0 Å². The van der Waals surface area contributed by atoms with E-state index in [-0.39, 0.29) is 51.7 Å². The fourth-order valence-corrected chi connectivity index (χ4v) is 5.26. The third kappa shape index (κ3) is 7.41. The minimum atomic E-state index is -1.03. The first-order valence-electron chi connectivity index (χ1n) is 13.9. The molecule has 0 fully saturated rings. The van der Waals surface area contributed by atoms with Crippen molar-refractivity contribution in [3.8, 4) is 0 Å². The molecule has 0 saturated carbocycles. The average Bonchev–Trinajstić information content (AvgIpc) is 3.07. The molecular weight excluding hydrogens is 619 g/mol. The van der Waals surface area contributed by atoms with E-state index in [1.807, 2.05) is 6.07 Å². The van der Waals surface area contributed by atoms with Gasteiger partial charge >= 0.3 is 41.5 Å². The molecule has 0 saturated heterocycles. The van der Waals surface area contributed by atoms with Crippen molar-refractivity contribution in [3.63, 3.8) is 0 Å². The van der Waals surface area contributed by atoms with Gasteiger partial charge in [0.25, 0.3) is 11.1 Å². The Kier molecular flexibility index (Phi) is 12.9. The summed E-state index contributed by atoms with van der Waals surface area (Å²) >= 11 is 0. The van der Waals surface area contributed by atoms with E-state index in [0.717, 1.165) is 21.5 Å². The Hall–Kier alpha value is -4.50. The standard InChI is InChI=1S/C17H16N2O4.C16H14N2O4.Na.H2O/c1-22-8-7-19-15-9-11(17(21)23-2)3-4-13(15)12-5-6-18-10-14(12)16(19)20;1-22-7-6-18-14-8-10(16(20)21)2-3-12(14)11-4-5-17-9-13(11)15(18)19;;/h3-6,9-10H,7-8H2,1-2H3;2-5,8-9H,6-7H2,1H3,(H,20,21);;1H2/q;;+1;/p-1. The van der Waals surface area contributed by atoms with Crippen molar-refractivity contribution < 1.29 is 63.9 Å². The summed E-state index contributed by atoms with van der Waals surface area (Å²) in [5, 5.41) is 13.5. The Morgan fingerprint density at radius 3 is 1.55 bits per heavy atom. The second-order valence-electron chi connectivity index (χ2n) is 10.0. The van der Waals surface area contributed by atoms with Gasteiger partial charge in [-0.3, -0.25) is 19.6 Å².